The summed E-state index contributed by atoms with van der Waals surface area (Å²) in [5.74, 6) is -1.84. The minimum atomic E-state index is -3.94. The molecule has 1 fully saturated rings. The molecule has 1 N–H and O–H groups in total. The van der Waals surface area contributed by atoms with Crippen molar-refractivity contribution in [1.82, 2.24) is 4.90 Å². The van der Waals surface area contributed by atoms with E-state index in [-0.39, 0.29) is 17.7 Å². The van der Waals surface area contributed by atoms with E-state index in [1.165, 1.54) is 31.3 Å². The maximum absolute atomic E-state index is 13.1. The Morgan fingerprint density at radius 1 is 1.22 bits per heavy atom. The number of benzene rings is 1. The first-order valence-electron chi connectivity index (χ1n) is 7.18. The van der Waals surface area contributed by atoms with Crippen LogP contribution in [0.4, 0.5) is 0 Å². The maximum atomic E-state index is 13.1. The van der Waals surface area contributed by atoms with Crippen LogP contribution in [0.25, 0.3) is 0 Å². The van der Waals surface area contributed by atoms with Crippen LogP contribution in [0, 0.1) is 0 Å². The average Bonchev–Trinajstić information content (AvgIpc) is 2.97. The highest BCUT2D eigenvalue weighted by atomic mass is 35.5. The fraction of sp³-hybridized carbons (Fsp3) is 0.467. The highest BCUT2D eigenvalue weighted by Crippen LogP contribution is 2.42. The van der Waals surface area contributed by atoms with Crippen molar-refractivity contribution in [3.05, 3.63) is 29.3 Å². The number of nitrogens with zero attached hydrogens (tertiary/aromatic N) is 1. The van der Waals surface area contributed by atoms with Crippen LogP contribution in [-0.2, 0) is 19.4 Å². The van der Waals surface area contributed by atoms with Crippen LogP contribution in [0.1, 0.15) is 25.7 Å². The van der Waals surface area contributed by atoms with E-state index in [1.807, 2.05) is 0 Å². The predicted octanol–water partition coefficient (Wildman–Crippen LogP) is 1.97. The monoisotopic (exact) mass is 359 g/mol. The zero-order valence-corrected chi connectivity index (χ0v) is 14.2. The van der Waals surface area contributed by atoms with Gasteiger partial charge in [0.25, 0.3) is 0 Å². The van der Waals surface area contributed by atoms with Crippen LogP contribution in [-0.4, -0.2) is 48.6 Å². The molecule has 0 saturated heterocycles. The molecule has 0 bridgehead atoms. The summed E-state index contributed by atoms with van der Waals surface area (Å²) in [6, 6.07) is 5.68. The van der Waals surface area contributed by atoms with E-state index in [0.717, 1.165) is 4.90 Å². The molecule has 0 spiro atoms. The van der Waals surface area contributed by atoms with E-state index in [2.05, 4.69) is 0 Å². The Balaban J connectivity index is 2.46. The summed E-state index contributed by atoms with van der Waals surface area (Å²) in [4.78, 5) is 24.6. The normalized spacial score (nSPS) is 17.0. The lowest BCUT2D eigenvalue weighted by molar-refractivity contribution is -0.144. The molecule has 1 aliphatic carbocycles. The number of rotatable bonds is 5. The SMILES string of the molecule is CN(CC(=O)O)C(=O)C1(S(=O)(=O)c2ccc(Cl)cc2)CCCC1. The third-order valence-electron chi connectivity index (χ3n) is 4.16. The van der Waals surface area contributed by atoms with Crippen molar-refractivity contribution in [3.8, 4) is 0 Å². The smallest absolute Gasteiger partial charge is 0.323 e. The molecule has 0 heterocycles. The first-order chi connectivity index (χ1) is 10.7. The van der Waals surface area contributed by atoms with Crippen LogP contribution >= 0.6 is 11.6 Å². The number of aliphatic carboxylic acids is 1. The number of hydrogen-bond acceptors (Lipinski definition) is 4. The van der Waals surface area contributed by atoms with Crippen molar-refractivity contribution in [2.24, 2.45) is 0 Å². The van der Waals surface area contributed by atoms with Gasteiger partial charge in [-0.15, -0.1) is 0 Å². The minimum absolute atomic E-state index is 0.0286. The lowest BCUT2D eigenvalue weighted by atomic mass is 10.1. The molecule has 0 unspecified atom stereocenters. The van der Waals surface area contributed by atoms with Crippen molar-refractivity contribution in [2.45, 2.75) is 35.3 Å². The van der Waals surface area contributed by atoms with Crippen LogP contribution in [0.15, 0.2) is 29.2 Å². The molecule has 1 aliphatic rings. The first kappa shape index (κ1) is 17.7. The summed E-state index contributed by atoms with van der Waals surface area (Å²) in [5, 5.41) is 9.25. The average molecular weight is 360 g/mol. The fourth-order valence-electron chi connectivity index (χ4n) is 3.01. The molecule has 1 amide bonds. The zero-order chi connectivity index (χ0) is 17.3. The Kier molecular flexibility index (Phi) is 5.01. The third-order valence-corrected chi connectivity index (χ3v) is 6.91. The molecule has 1 aromatic carbocycles. The molecule has 1 saturated carbocycles. The number of carbonyl (C=O) groups is 2. The molecule has 0 aromatic heterocycles. The second-order valence-electron chi connectivity index (χ2n) is 5.71. The summed E-state index contributed by atoms with van der Waals surface area (Å²) in [6.07, 6.45) is 1.61. The number of carboxylic acid groups (broad SMARTS) is 1. The molecule has 23 heavy (non-hydrogen) atoms. The van der Waals surface area contributed by atoms with Crippen molar-refractivity contribution in [3.63, 3.8) is 0 Å². The Hall–Kier alpha value is -1.60. The van der Waals surface area contributed by atoms with Crippen molar-refractivity contribution < 1.29 is 23.1 Å². The molecule has 1 aromatic rings. The van der Waals surface area contributed by atoms with Gasteiger partial charge in [-0.1, -0.05) is 24.4 Å². The molecule has 0 atom stereocenters. The van der Waals surface area contributed by atoms with Gasteiger partial charge >= 0.3 is 5.97 Å². The molecule has 8 heteroatoms. The highest BCUT2D eigenvalue weighted by molar-refractivity contribution is 7.93. The summed E-state index contributed by atoms with van der Waals surface area (Å²) in [7, 11) is -2.63. The number of amides is 1. The van der Waals surface area contributed by atoms with E-state index in [0.29, 0.717) is 17.9 Å². The number of carbonyl (C=O) groups excluding carboxylic acids is 1. The number of sulfone groups is 1. The molecule has 0 aliphatic heterocycles. The van der Waals surface area contributed by atoms with E-state index in [1.54, 1.807) is 0 Å². The van der Waals surface area contributed by atoms with Gasteiger partial charge in [0.1, 0.15) is 6.54 Å². The largest absolute Gasteiger partial charge is 0.480 e. The summed E-state index contributed by atoms with van der Waals surface area (Å²) < 4.78 is 24.5. The van der Waals surface area contributed by atoms with Gasteiger partial charge in [0.2, 0.25) is 5.91 Å². The number of carboxylic acids is 1. The number of hydrogen-bond donors (Lipinski definition) is 1. The van der Waals surface area contributed by atoms with Gasteiger partial charge in [0, 0.05) is 12.1 Å². The zero-order valence-electron chi connectivity index (χ0n) is 12.7. The quantitative estimate of drug-likeness (QED) is 0.867. The molecule has 126 valence electrons. The van der Waals surface area contributed by atoms with Crippen LogP contribution in [0.2, 0.25) is 5.02 Å². The second-order valence-corrected chi connectivity index (χ2v) is 8.41. The summed E-state index contributed by atoms with van der Waals surface area (Å²) >= 11 is 5.79. The van der Waals surface area contributed by atoms with E-state index >= 15 is 0 Å². The highest BCUT2D eigenvalue weighted by Gasteiger charge is 2.54. The standard InChI is InChI=1S/C15H18ClNO5S/c1-17(10-13(18)19)14(20)15(8-2-3-9-15)23(21,22)12-6-4-11(16)5-7-12/h4-7H,2-3,8-10H2,1H3,(H,18,19). The Morgan fingerprint density at radius 2 is 1.74 bits per heavy atom. The topological polar surface area (TPSA) is 91.8 Å². The second kappa shape index (κ2) is 6.49. The van der Waals surface area contributed by atoms with E-state index < -0.39 is 33.0 Å². The molecular formula is C15H18ClNO5S. The van der Waals surface area contributed by atoms with Gasteiger partial charge in [-0.3, -0.25) is 9.59 Å². The predicted molar refractivity (Wildman–Crippen MR) is 85.1 cm³/mol. The molecular weight excluding hydrogens is 342 g/mol. The fourth-order valence-corrected chi connectivity index (χ4v) is 5.29. The Morgan fingerprint density at radius 3 is 2.22 bits per heavy atom. The van der Waals surface area contributed by atoms with Gasteiger partial charge in [0.15, 0.2) is 14.6 Å². The van der Waals surface area contributed by atoms with Gasteiger partial charge in [-0.25, -0.2) is 8.42 Å². The van der Waals surface area contributed by atoms with Gasteiger partial charge in [0.05, 0.1) is 4.90 Å². The van der Waals surface area contributed by atoms with Crippen molar-refractivity contribution >= 4 is 33.3 Å². The lowest BCUT2D eigenvalue weighted by Crippen LogP contribution is -2.52. The van der Waals surface area contributed by atoms with Crippen molar-refractivity contribution in [2.75, 3.05) is 13.6 Å². The third kappa shape index (κ3) is 3.21. The van der Waals surface area contributed by atoms with Gasteiger partial charge < -0.3 is 10.0 Å². The number of halogens is 1. The van der Waals surface area contributed by atoms with E-state index in [9.17, 15) is 18.0 Å². The Labute approximate surface area is 140 Å². The van der Waals surface area contributed by atoms with Crippen LogP contribution < -0.4 is 0 Å². The summed E-state index contributed by atoms with van der Waals surface area (Å²) in [6.45, 7) is -0.531. The van der Waals surface area contributed by atoms with Crippen LogP contribution in [0.5, 0.6) is 0 Å². The van der Waals surface area contributed by atoms with Gasteiger partial charge in [-0.2, -0.15) is 0 Å². The first-order valence-corrected chi connectivity index (χ1v) is 9.04. The maximum Gasteiger partial charge on any atom is 0.323 e. The lowest BCUT2D eigenvalue weighted by Gasteiger charge is -2.31. The Bertz CT molecular complexity index is 708. The molecule has 6 nitrogen and oxygen atoms in total. The van der Waals surface area contributed by atoms with Gasteiger partial charge in [-0.05, 0) is 37.1 Å². The number of likely N-dealkylation sites (N-methyl/N-ethyl adjacent to an activating group) is 1. The van der Waals surface area contributed by atoms with E-state index in [4.69, 9.17) is 16.7 Å². The minimum Gasteiger partial charge on any atom is -0.480 e. The summed E-state index contributed by atoms with van der Waals surface area (Å²) in [5.41, 5.74) is 0. The van der Waals surface area contributed by atoms with Crippen molar-refractivity contribution in [1.29, 1.82) is 0 Å². The van der Waals surface area contributed by atoms with Crippen LogP contribution in [0.3, 0.4) is 0 Å². The molecule has 2 rings (SSSR count). The molecule has 0 radical (unpaired) electrons.